The summed E-state index contributed by atoms with van der Waals surface area (Å²) in [6.07, 6.45) is 4.09. The van der Waals surface area contributed by atoms with Crippen LogP contribution in [0.1, 0.15) is 0 Å². The van der Waals surface area contributed by atoms with Gasteiger partial charge in [0.05, 0.1) is 21.6 Å². The van der Waals surface area contributed by atoms with E-state index in [2.05, 4.69) is 33.1 Å². The lowest BCUT2D eigenvalue weighted by Gasteiger charge is -1.97. The van der Waals surface area contributed by atoms with Crippen molar-refractivity contribution in [1.29, 1.82) is 0 Å². The highest BCUT2D eigenvalue weighted by Crippen LogP contribution is 2.31. The number of rotatable bonds is 2. The molecule has 0 fully saturated rings. The molecule has 4 nitrogen and oxygen atoms in total. The molecule has 1 N–H and O–H groups in total. The number of nitrogens with zero attached hydrogens (tertiary/aromatic N) is 3. The number of hydrogen-bond acceptors (Lipinski definition) is 4. The first-order chi connectivity index (χ1) is 10.9. The summed E-state index contributed by atoms with van der Waals surface area (Å²) in [6.45, 7) is 0. The Hall–Kier alpha value is -2.44. The Bertz CT molecular complexity index is 1050. The Morgan fingerprint density at radius 1 is 1.00 bits per heavy atom. The van der Waals surface area contributed by atoms with Crippen molar-refractivity contribution >= 4 is 38.7 Å². The van der Waals surface area contributed by atoms with E-state index in [9.17, 15) is 0 Å². The lowest BCUT2D eigenvalue weighted by molar-refractivity contribution is 1.23. The largest absolute Gasteiger partial charge is 0.337 e. The van der Waals surface area contributed by atoms with Crippen LogP contribution in [0, 0.1) is 0 Å². The summed E-state index contributed by atoms with van der Waals surface area (Å²) in [7, 11) is 0. The van der Waals surface area contributed by atoms with Crippen LogP contribution in [0.2, 0.25) is 0 Å². The average molecular weight is 322 g/mol. The lowest BCUT2D eigenvalue weighted by atomic mass is 10.1. The van der Waals surface area contributed by atoms with E-state index >= 15 is 0 Å². The minimum atomic E-state index is 0.915. The van der Waals surface area contributed by atoms with Crippen molar-refractivity contribution in [2.45, 2.75) is 0 Å². The van der Waals surface area contributed by atoms with Gasteiger partial charge in [-0.15, -0.1) is 22.7 Å². The van der Waals surface area contributed by atoms with Crippen molar-refractivity contribution in [2.75, 3.05) is 0 Å². The van der Waals surface area contributed by atoms with Crippen LogP contribution in [0.25, 0.3) is 38.0 Å². The van der Waals surface area contributed by atoms with Crippen LogP contribution in [0.4, 0.5) is 0 Å². The lowest BCUT2D eigenvalue weighted by Crippen LogP contribution is -1.80. The molecule has 0 spiro atoms. The number of imidazole rings is 2. The summed E-state index contributed by atoms with van der Waals surface area (Å²) in [5, 5.41) is 4.10. The molecule has 5 aromatic rings. The topological polar surface area (TPSA) is 46.0 Å². The van der Waals surface area contributed by atoms with E-state index in [1.807, 2.05) is 29.8 Å². The van der Waals surface area contributed by atoms with Crippen LogP contribution < -0.4 is 0 Å². The highest BCUT2D eigenvalue weighted by atomic mass is 32.1. The summed E-state index contributed by atoms with van der Waals surface area (Å²) >= 11 is 3.33. The molecule has 1 aromatic carbocycles. The van der Waals surface area contributed by atoms with Crippen LogP contribution in [0.5, 0.6) is 0 Å². The second-order valence-electron chi connectivity index (χ2n) is 4.98. The average Bonchev–Trinajstić information content (AvgIpc) is 3.27. The predicted molar refractivity (Wildman–Crippen MR) is 91.5 cm³/mol. The molecule has 0 aliphatic carbocycles. The minimum Gasteiger partial charge on any atom is -0.337 e. The number of aromatic amines is 1. The van der Waals surface area contributed by atoms with Gasteiger partial charge in [0.2, 0.25) is 0 Å². The number of nitrogens with one attached hydrogen (secondary N) is 1. The SMILES string of the molecule is c1csc(-c2nc3cccc(-c4cn5ccsc5n4)c3[nH]2)c1. The molecule has 0 radical (unpaired) electrons. The fraction of sp³-hybridized carbons (Fsp3) is 0. The molecule has 6 heteroatoms. The maximum Gasteiger partial charge on any atom is 0.194 e. The summed E-state index contributed by atoms with van der Waals surface area (Å²) in [5.41, 5.74) is 4.07. The zero-order valence-corrected chi connectivity index (χ0v) is 13.0. The van der Waals surface area contributed by atoms with E-state index in [0.29, 0.717) is 0 Å². The molecule has 0 saturated carbocycles. The number of thiazole rings is 1. The normalized spacial score (nSPS) is 11.6. The zero-order valence-electron chi connectivity index (χ0n) is 11.4. The van der Waals surface area contributed by atoms with E-state index < -0.39 is 0 Å². The fourth-order valence-electron chi connectivity index (χ4n) is 2.63. The Kier molecular flexibility index (Phi) is 2.50. The van der Waals surface area contributed by atoms with Crippen LogP contribution >= 0.6 is 22.7 Å². The van der Waals surface area contributed by atoms with Crippen LogP contribution in [-0.2, 0) is 0 Å². The Labute approximate surface area is 133 Å². The fourth-order valence-corrected chi connectivity index (χ4v) is 4.00. The van der Waals surface area contributed by atoms with E-state index in [0.717, 1.165) is 38.0 Å². The molecule has 0 bridgehead atoms. The molecule has 4 heterocycles. The quantitative estimate of drug-likeness (QED) is 0.513. The van der Waals surface area contributed by atoms with Gasteiger partial charge < -0.3 is 4.98 Å². The number of hydrogen-bond donors (Lipinski definition) is 1. The van der Waals surface area contributed by atoms with E-state index in [1.165, 1.54) is 0 Å². The van der Waals surface area contributed by atoms with Gasteiger partial charge in [0.25, 0.3) is 0 Å². The third kappa shape index (κ3) is 1.74. The smallest absolute Gasteiger partial charge is 0.194 e. The molecule has 5 rings (SSSR count). The number of benzene rings is 1. The molecule has 0 saturated heterocycles. The van der Waals surface area contributed by atoms with Crippen molar-refractivity contribution in [2.24, 2.45) is 0 Å². The number of para-hydroxylation sites is 1. The molecule has 4 aromatic heterocycles. The Balaban J connectivity index is 1.75. The summed E-state index contributed by atoms with van der Waals surface area (Å²) < 4.78 is 2.05. The van der Waals surface area contributed by atoms with Crippen molar-refractivity contribution in [3.8, 4) is 22.0 Å². The number of aromatic nitrogens is 4. The van der Waals surface area contributed by atoms with Crippen molar-refractivity contribution in [3.05, 3.63) is 53.5 Å². The van der Waals surface area contributed by atoms with E-state index in [-0.39, 0.29) is 0 Å². The maximum absolute atomic E-state index is 4.71. The van der Waals surface area contributed by atoms with Crippen LogP contribution in [0.15, 0.2) is 53.5 Å². The van der Waals surface area contributed by atoms with E-state index in [4.69, 9.17) is 9.97 Å². The highest BCUT2D eigenvalue weighted by Gasteiger charge is 2.13. The number of fused-ring (bicyclic) bond motifs is 2. The first kappa shape index (κ1) is 12.1. The van der Waals surface area contributed by atoms with Crippen molar-refractivity contribution in [1.82, 2.24) is 19.4 Å². The monoisotopic (exact) mass is 322 g/mol. The minimum absolute atomic E-state index is 0.915. The summed E-state index contributed by atoms with van der Waals surface area (Å²) in [6, 6.07) is 10.3. The second-order valence-corrected chi connectivity index (χ2v) is 6.80. The number of H-pyrrole nitrogens is 1. The van der Waals surface area contributed by atoms with Gasteiger partial charge in [-0.1, -0.05) is 18.2 Å². The second kappa shape index (κ2) is 4.53. The molecule has 0 atom stereocenters. The van der Waals surface area contributed by atoms with Gasteiger partial charge in [0.1, 0.15) is 5.82 Å². The third-order valence-corrected chi connectivity index (χ3v) is 5.29. The molecule has 22 heavy (non-hydrogen) atoms. The number of thiophene rings is 1. The molecule has 0 aliphatic rings. The van der Waals surface area contributed by atoms with E-state index in [1.54, 1.807) is 22.7 Å². The van der Waals surface area contributed by atoms with Crippen molar-refractivity contribution < 1.29 is 0 Å². The van der Waals surface area contributed by atoms with Gasteiger partial charge in [-0.05, 0) is 17.5 Å². The Morgan fingerprint density at radius 2 is 2.00 bits per heavy atom. The van der Waals surface area contributed by atoms with Gasteiger partial charge in [-0.2, -0.15) is 0 Å². The molecular formula is C16H10N4S2. The first-order valence-corrected chi connectivity index (χ1v) is 8.59. The summed E-state index contributed by atoms with van der Waals surface area (Å²) in [4.78, 5) is 15.0. The zero-order chi connectivity index (χ0) is 14.5. The molecule has 0 aliphatic heterocycles. The van der Waals surface area contributed by atoms with Gasteiger partial charge in [-0.3, -0.25) is 4.40 Å². The Morgan fingerprint density at radius 3 is 2.86 bits per heavy atom. The highest BCUT2D eigenvalue weighted by molar-refractivity contribution is 7.15. The standard InChI is InChI=1S/C16H10N4S2/c1-3-10(12-9-20-6-8-22-16(20)18-12)14-11(4-1)17-15(19-14)13-5-2-7-21-13/h1-9H,(H,17,19). The van der Waals surface area contributed by atoms with Gasteiger partial charge in [-0.25, -0.2) is 9.97 Å². The first-order valence-electron chi connectivity index (χ1n) is 6.84. The van der Waals surface area contributed by atoms with Crippen LogP contribution in [-0.4, -0.2) is 19.4 Å². The molecule has 0 amide bonds. The van der Waals surface area contributed by atoms with Crippen molar-refractivity contribution in [3.63, 3.8) is 0 Å². The maximum atomic E-state index is 4.71. The molecule has 106 valence electrons. The molecule has 0 unspecified atom stereocenters. The summed E-state index contributed by atoms with van der Waals surface area (Å²) in [5.74, 6) is 0.915. The van der Waals surface area contributed by atoms with Crippen LogP contribution in [0.3, 0.4) is 0 Å². The predicted octanol–water partition coefficient (Wildman–Crippen LogP) is 4.67. The third-order valence-electron chi connectivity index (χ3n) is 3.64. The van der Waals surface area contributed by atoms with Gasteiger partial charge >= 0.3 is 0 Å². The van der Waals surface area contributed by atoms with Gasteiger partial charge in [0.15, 0.2) is 4.96 Å². The molecular weight excluding hydrogens is 312 g/mol. The van der Waals surface area contributed by atoms with Gasteiger partial charge in [0, 0.05) is 23.3 Å².